The highest BCUT2D eigenvalue weighted by Crippen LogP contribution is 2.31. The predicted octanol–water partition coefficient (Wildman–Crippen LogP) is 4.83. The van der Waals surface area contributed by atoms with Crippen molar-refractivity contribution in [1.29, 1.82) is 0 Å². The molecule has 8 nitrogen and oxygen atoms in total. The van der Waals surface area contributed by atoms with Crippen molar-refractivity contribution in [3.63, 3.8) is 0 Å². The SMILES string of the molecule is C[Si](C)(C)CCOCn1nc(-c2cccc(N3CCC[C@H](O)C3)n2)c2cc(-c3cccnc3)ncc21. The van der Waals surface area contributed by atoms with Crippen LogP contribution in [0.3, 0.4) is 0 Å². The number of hydrogen-bond acceptors (Lipinski definition) is 7. The van der Waals surface area contributed by atoms with Crippen LogP contribution in [0.1, 0.15) is 12.8 Å². The van der Waals surface area contributed by atoms with E-state index >= 15 is 0 Å². The van der Waals surface area contributed by atoms with E-state index in [2.05, 4.69) is 35.6 Å². The molecule has 1 aliphatic rings. The first-order valence-electron chi connectivity index (χ1n) is 12.6. The second-order valence-corrected chi connectivity index (χ2v) is 16.3. The van der Waals surface area contributed by atoms with Crippen LogP contribution in [-0.4, -0.2) is 63.7 Å². The van der Waals surface area contributed by atoms with Crippen molar-refractivity contribution in [3.05, 3.63) is 55.0 Å². The molecular weight excluding hydrogens is 468 g/mol. The average molecular weight is 503 g/mol. The fraction of sp³-hybridized carbons (Fsp3) is 0.407. The van der Waals surface area contributed by atoms with Crippen LogP contribution in [0.15, 0.2) is 55.0 Å². The lowest BCUT2D eigenvalue weighted by molar-refractivity contribution is 0.0818. The van der Waals surface area contributed by atoms with Crippen LogP contribution in [0, 0.1) is 0 Å². The maximum Gasteiger partial charge on any atom is 0.140 e. The summed E-state index contributed by atoms with van der Waals surface area (Å²) < 4.78 is 7.92. The number of rotatable bonds is 8. The molecule has 1 N–H and O–H groups in total. The number of aromatic nitrogens is 5. The van der Waals surface area contributed by atoms with Gasteiger partial charge in [0, 0.05) is 51.1 Å². The molecule has 36 heavy (non-hydrogen) atoms. The Morgan fingerprint density at radius 2 is 2.00 bits per heavy atom. The molecule has 4 aromatic heterocycles. The smallest absolute Gasteiger partial charge is 0.140 e. The van der Waals surface area contributed by atoms with E-state index in [0.717, 1.165) is 71.4 Å². The summed E-state index contributed by atoms with van der Waals surface area (Å²) in [7, 11) is -1.17. The lowest BCUT2D eigenvalue weighted by Gasteiger charge is -2.31. The highest BCUT2D eigenvalue weighted by molar-refractivity contribution is 6.76. The highest BCUT2D eigenvalue weighted by atomic mass is 28.3. The van der Waals surface area contributed by atoms with Gasteiger partial charge < -0.3 is 14.7 Å². The minimum absolute atomic E-state index is 0.314. The van der Waals surface area contributed by atoms with Gasteiger partial charge in [0.2, 0.25) is 0 Å². The van der Waals surface area contributed by atoms with Crippen molar-refractivity contribution >= 4 is 24.8 Å². The number of ether oxygens (including phenoxy) is 1. The molecule has 188 valence electrons. The fourth-order valence-corrected chi connectivity index (χ4v) is 5.21. The number of piperidine rings is 1. The maximum atomic E-state index is 10.2. The van der Waals surface area contributed by atoms with Crippen molar-refractivity contribution in [1.82, 2.24) is 24.7 Å². The van der Waals surface area contributed by atoms with E-state index in [1.807, 2.05) is 47.4 Å². The fourth-order valence-electron chi connectivity index (χ4n) is 4.46. The Kier molecular flexibility index (Phi) is 7.13. The van der Waals surface area contributed by atoms with E-state index in [9.17, 15) is 5.11 Å². The van der Waals surface area contributed by atoms with Gasteiger partial charge in [0.05, 0.1) is 29.2 Å². The molecule has 0 aliphatic carbocycles. The highest BCUT2D eigenvalue weighted by Gasteiger charge is 2.21. The lowest BCUT2D eigenvalue weighted by atomic mass is 10.1. The van der Waals surface area contributed by atoms with Gasteiger partial charge in [-0.15, -0.1) is 0 Å². The molecule has 5 rings (SSSR count). The maximum absolute atomic E-state index is 10.2. The number of hydrogen-bond donors (Lipinski definition) is 1. The number of anilines is 1. The molecule has 1 saturated heterocycles. The summed E-state index contributed by atoms with van der Waals surface area (Å²) in [5.41, 5.74) is 4.29. The molecule has 9 heteroatoms. The van der Waals surface area contributed by atoms with Gasteiger partial charge in [0.1, 0.15) is 18.2 Å². The van der Waals surface area contributed by atoms with Crippen molar-refractivity contribution < 1.29 is 9.84 Å². The molecule has 0 spiro atoms. The van der Waals surface area contributed by atoms with Crippen molar-refractivity contribution in [2.24, 2.45) is 0 Å². The van der Waals surface area contributed by atoms with Crippen molar-refractivity contribution in [2.45, 2.75) is 51.4 Å². The molecule has 0 saturated carbocycles. The topological polar surface area (TPSA) is 89.2 Å². The Morgan fingerprint density at radius 3 is 2.78 bits per heavy atom. The van der Waals surface area contributed by atoms with Crippen LogP contribution < -0.4 is 4.90 Å². The normalized spacial score (nSPS) is 16.6. The Hall–Kier alpha value is -3.14. The average Bonchev–Trinajstić information content (AvgIpc) is 3.24. The zero-order chi connectivity index (χ0) is 25.1. The molecular formula is C27H34N6O2Si. The summed E-state index contributed by atoms with van der Waals surface area (Å²) in [5, 5.41) is 16.1. The van der Waals surface area contributed by atoms with E-state index in [1.54, 1.807) is 6.20 Å². The van der Waals surface area contributed by atoms with Crippen LogP contribution in [-0.2, 0) is 11.5 Å². The molecule has 5 heterocycles. The molecule has 1 fully saturated rings. The summed E-state index contributed by atoms with van der Waals surface area (Å²) in [6.07, 6.45) is 6.92. The third-order valence-corrected chi connectivity index (χ3v) is 8.21. The van der Waals surface area contributed by atoms with Crippen LogP contribution in [0.25, 0.3) is 33.5 Å². The standard InChI is InChI=1S/C27H34N6O2Si/c1-36(2,3)14-13-35-19-33-25-17-29-24(20-7-5-11-28-16-20)15-22(25)27(31-33)23-9-4-10-26(30-23)32-12-6-8-21(34)18-32/h4-5,7,9-11,15-17,21,34H,6,8,12-14,18-19H2,1-3H3/t21-/m0/s1. The zero-order valence-corrected chi connectivity index (χ0v) is 22.3. The Labute approximate surface area is 213 Å². The second-order valence-electron chi connectivity index (χ2n) is 10.6. The minimum Gasteiger partial charge on any atom is -0.391 e. The van der Waals surface area contributed by atoms with Crippen LogP contribution in [0.5, 0.6) is 0 Å². The molecule has 4 aromatic rings. The number of aliphatic hydroxyl groups excluding tert-OH is 1. The third kappa shape index (κ3) is 5.64. The minimum atomic E-state index is -1.17. The Balaban J connectivity index is 1.52. The van der Waals surface area contributed by atoms with E-state index < -0.39 is 8.07 Å². The number of β-amino-alcohol motifs (C(OH)–C–C–N with tert-alkyl or cyclic N) is 1. The van der Waals surface area contributed by atoms with Crippen LogP contribution in [0.2, 0.25) is 25.7 Å². The summed E-state index contributed by atoms with van der Waals surface area (Å²) >= 11 is 0. The molecule has 0 unspecified atom stereocenters. The largest absolute Gasteiger partial charge is 0.391 e. The van der Waals surface area contributed by atoms with E-state index in [-0.39, 0.29) is 6.10 Å². The van der Waals surface area contributed by atoms with Crippen molar-refractivity contribution in [2.75, 3.05) is 24.6 Å². The van der Waals surface area contributed by atoms with Gasteiger partial charge in [-0.3, -0.25) is 9.97 Å². The van der Waals surface area contributed by atoms with Crippen LogP contribution >= 0.6 is 0 Å². The number of fused-ring (bicyclic) bond motifs is 1. The first kappa shape index (κ1) is 24.5. The molecule has 0 bridgehead atoms. The zero-order valence-electron chi connectivity index (χ0n) is 21.3. The van der Waals surface area contributed by atoms with Gasteiger partial charge in [-0.25, -0.2) is 9.67 Å². The third-order valence-electron chi connectivity index (χ3n) is 6.50. The lowest BCUT2D eigenvalue weighted by Crippen LogP contribution is -2.38. The Bertz CT molecular complexity index is 1320. The summed E-state index contributed by atoms with van der Waals surface area (Å²) in [4.78, 5) is 16.1. The first-order chi connectivity index (χ1) is 17.4. The number of pyridine rings is 3. The first-order valence-corrected chi connectivity index (χ1v) is 16.3. The summed E-state index contributed by atoms with van der Waals surface area (Å²) in [5.74, 6) is 0.863. The monoisotopic (exact) mass is 502 g/mol. The number of aliphatic hydroxyl groups is 1. The summed E-state index contributed by atoms with van der Waals surface area (Å²) in [6.45, 7) is 9.63. The van der Waals surface area contributed by atoms with Gasteiger partial charge in [0.15, 0.2) is 0 Å². The number of nitrogens with zero attached hydrogens (tertiary/aromatic N) is 6. The molecule has 0 aromatic carbocycles. The van der Waals surface area contributed by atoms with E-state index in [0.29, 0.717) is 13.3 Å². The van der Waals surface area contributed by atoms with E-state index in [4.69, 9.17) is 19.8 Å². The van der Waals surface area contributed by atoms with Crippen LogP contribution in [0.4, 0.5) is 5.82 Å². The quantitative estimate of drug-likeness (QED) is 0.273. The van der Waals surface area contributed by atoms with E-state index in [1.165, 1.54) is 0 Å². The summed E-state index contributed by atoms with van der Waals surface area (Å²) in [6, 6.07) is 13.1. The molecule has 0 amide bonds. The molecule has 0 radical (unpaired) electrons. The molecule has 1 atom stereocenters. The van der Waals surface area contributed by atoms with Gasteiger partial charge >= 0.3 is 0 Å². The van der Waals surface area contributed by atoms with Gasteiger partial charge in [-0.1, -0.05) is 25.7 Å². The molecule has 1 aliphatic heterocycles. The Morgan fingerprint density at radius 1 is 1.11 bits per heavy atom. The van der Waals surface area contributed by atoms with Gasteiger partial charge in [-0.05, 0) is 49.2 Å². The predicted molar refractivity (Wildman–Crippen MR) is 146 cm³/mol. The second kappa shape index (κ2) is 10.5. The van der Waals surface area contributed by atoms with Crippen molar-refractivity contribution in [3.8, 4) is 22.6 Å². The van der Waals surface area contributed by atoms with Gasteiger partial charge in [0.25, 0.3) is 0 Å². The van der Waals surface area contributed by atoms with Gasteiger partial charge in [-0.2, -0.15) is 5.10 Å².